The number of carbonyl (C=O) groups is 1. The Morgan fingerprint density at radius 1 is 1.03 bits per heavy atom. The zero-order valence-electron chi connectivity index (χ0n) is 16.9. The van der Waals surface area contributed by atoms with Crippen molar-refractivity contribution in [2.75, 3.05) is 13.1 Å². The summed E-state index contributed by atoms with van der Waals surface area (Å²) in [6, 6.07) is 15.2. The quantitative estimate of drug-likeness (QED) is 0.656. The molecule has 1 aliphatic heterocycles. The molecule has 0 radical (unpaired) electrons. The molecule has 1 saturated carbocycles. The van der Waals surface area contributed by atoms with Crippen LogP contribution in [0.1, 0.15) is 31.2 Å². The summed E-state index contributed by atoms with van der Waals surface area (Å²) in [4.78, 5) is 27.5. The number of carbonyl (C=O) groups excluding carboxylic acids is 1. The minimum absolute atomic E-state index is 0.106. The Hall–Kier alpha value is -3.22. The van der Waals surface area contributed by atoms with E-state index in [1.165, 1.54) is 4.68 Å². The maximum atomic E-state index is 13.2. The lowest BCUT2D eigenvalue weighted by atomic mass is 9.91. The second-order valence-corrected chi connectivity index (χ2v) is 8.35. The van der Waals surface area contributed by atoms with Crippen molar-refractivity contribution in [3.05, 3.63) is 76.8 Å². The fourth-order valence-electron chi connectivity index (χ4n) is 4.47. The average molecular weight is 403 g/mol. The van der Waals surface area contributed by atoms with Crippen LogP contribution in [0.15, 0.2) is 65.7 Å². The number of hydrogen-bond donors (Lipinski definition) is 0. The highest BCUT2D eigenvalue weighted by molar-refractivity contribution is 5.91. The van der Waals surface area contributed by atoms with Gasteiger partial charge in [-0.3, -0.25) is 9.59 Å². The molecule has 1 amide bonds. The lowest BCUT2D eigenvalue weighted by Crippen LogP contribution is -2.45. The van der Waals surface area contributed by atoms with E-state index in [1.54, 1.807) is 23.0 Å². The van der Waals surface area contributed by atoms with Gasteiger partial charge in [0.1, 0.15) is 0 Å². The van der Waals surface area contributed by atoms with Gasteiger partial charge in [0.05, 0.1) is 5.41 Å². The highest BCUT2D eigenvalue weighted by Crippen LogP contribution is 2.49. The summed E-state index contributed by atoms with van der Waals surface area (Å²) < 4.78 is 3.18. The molecule has 0 unspecified atom stereocenters. The number of likely N-dealkylation sites (tertiary alicyclic amines) is 1. The average Bonchev–Trinajstić information content (AvgIpc) is 3.42. The molecule has 0 atom stereocenters. The number of piperidine rings is 1. The van der Waals surface area contributed by atoms with Crippen molar-refractivity contribution in [3.63, 3.8) is 0 Å². The van der Waals surface area contributed by atoms with E-state index < -0.39 is 0 Å². The third kappa shape index (κ3) is 3.44. The van der Waals surface area contributed by atoms with E-state index in [4.69, 9.17) is 0 Å². The van der Waals surface area contributed by atoms with E-state index in [-0.39, 0.29) is 16.9 Å². The number of nitrogens with zero attached hydrogens (tertiary/aromatic N) is 5. The van der Waals surface area contributed by atoms with Crippen LogP contribution >= 0.6 is 0 Å². The summed E-state index contributed by atoms with van der Waals surface area (Å²) in [6.45, 7) is 2.05. The van der Waals surface area contributed by atoms with Gasteiger partial charge in [0.15, 0.2) is 5.82 Å². The van der Waals surface area contributed by atoms with Gasteiger partial charge in [0.25, 0.3) is 5.56 Å². The molecular formula is C23H25N5O2. The first kappa shape index (κ1) is 18.8. The summed E-state index contributed by atoms with van der Waals surface area (Å²) in [5.74, 6) is 1.23. The van der Waals surface area contributed by atoms with Gasteiger partial charge < -0.3 is 4.90 Å². The summed E-state index contributed by atoms with van der Waals surface area (Å²) in [5.41, 5.74) is 0.735. The van der Waals surface area contributed by atoms with Crippen LogP contribution in [0, 0.1) is 5.92 Å². The Morgan fingerprint density at radius 3 is 2.47 bits per heavy atom. The Kier molecular flexibility index (Phi) is 4.73. The monoisotopic (exact) mass is 403 g/mol. The molecule has 7 heteroatoms. The van der Waals surface area contributed by atoms with E-state index in [0.29, 0.717) is 18.3 Å². The zero-order valence-corrected chi connectivity index (χ0v) is 16.9. The molecule has 0 spiro atoms. The number of aromatic nitrogens is 4. The van der Waals surface area contributed by atoms with Gasteiger partial charge in [-0.2, -0.15) is 5.10 Å². The molecule has 5 rings (SSSR count). The Labute approximate surface area is 174 Å². The highest BCUT2D eigenvalue weighted by Gasteiger charge is 2.53. The van der Waals surface area contributed by atoms with Crippen LogP contribution in [0.5, 0.6) is 0 Å². The van der Waals surface area contributed by atoms with E-state index in [9.17, 15) is 9.59 Å². The largest absolute Gasteiger partial charge is 0.342 e. The first-order valence-corrected chi connectivity index (χ1v) is 10.6. The minimum Gasteiger partial charge on any atom is -0.342 e. The van der Waals surface area contributed by atoms with Crippen molar-refractivity contribution in [1.82, 2.24) is 24.5 Å². The number of benzene rings is 1. The smallest absolute Gasteiger partial charge is 0.266 e. The van der Waals surface area contributed by atoms with Crippen molar-refractivity contribution < 1.29 is 4.79 Å². The SMILES string of the molecule is O=C(N1CCC(Cn2nc(-n3cccn3)ccc2=O)CC1)C1(c2ccccc2)CC1. The maximum absolute atomic E-state index is 13.2. The Balaban J connectivity index is 1.23. The van der Waals surface area contributed by atoms with Crippen molar-refractivity contribution in [2.24, 2.45) is 5.92 Å². The molecule has 30 heavy (non-hydrogen) atoms. The summed E-state index contributed by atoms with van der Waals surface area (Å²) >= 11 is 0. The lowest BCUT2D eigenvalue weighted by Gasteiger charge is -2.34. The van der Waals surface area contributed by atoms with Gasteiger partial charge in [-0.15, -0.1) is 5.10 Å². The molecule has 2 aromatic heterocycles. The van der Waals surface area contributed by atoms with Crippen LogP contribution in [0.2, 0.25) is 0 Å². The Morgan fingerprint density at radius 2 is 1.80 bits per heavy atom. The van der Waals surface area contributed by atoms with E-state index >= 15 is 0 Å². The Bertz CT molecular complexity index is 1080. The summed E-state index contributed by atoms with van der Waals surface area (Å²) in [6.07, 6.45) is 7.14. The van der Waals surface area contributed by atoms with Crippen molar-refractivity contribution in [2.45, 2.75) is 37.6 Å². The zero-order chi connectivity index (χ0) is 20.6. The normalized spacial score (nSPS) is 18.3. The molecule has 3 heterocycles. The van der Waals surface area contributed by atoms with Gasteiger partial charge in [-0.1, -0.05) is 30.3 Å². The molecule has 1 aromatic carbocycles. The minimum atomic E-state index is -0.301. The molecule has 154 valence electrons. The van der Waals surface area contributed by atoms with Gasteiger partial charge in [-0.25, -0.2) is 9.36 Å². The standard InChI is InChI=1S/C23H25N5O2/c29-21-8-7-20(27-14-4-13-24-27)25-28(21)17-18-9-15-26(16-10-18)22(30)23(11-12-23)19-5-2-1-3-6-19/h1-8,13-14,18H,9-12,15-17H2. The van der Waals surface area contributed by atoms with Crippen LogP contribution in [0.3, 0.4) is 0 Å². The summed E-state index contributed by atoms with van der Waals surface area (Å²) in [5, 5.41) is 8.66. The molecule has 2 aliphatic rings. The molecule has 0 N–H and O–H groups in total. The molecule has 1 aliphatic carbocycles. The molecule has 3 aromatic rings. The van der Waals surface area contributed by atoms with Crippen LogP contribution in [-0.4, -0.2) is 43.5 Å². The first-order chi connectivity index (χ1) is 14.7. The fourth-order valence-corrected chi connectivity index (χ4v) is 4.47. The molecule has 7 nitrogen and oxygen atoms in total. The maximum Gasteiger partial charge on any atom is 0.266 e. The van der Waals surface area contributed by atoms with Crippen LogP contribution in [0.4, 0.5) is 0 Å². The van der Waals surface area contributed by atoms with Gasteiger partial charge >= 0.3 is 0 Å². The number of rotatable bonds is 5. The predicted octanol–water partition coefficient (Wildman–Crippen LogP) is 2.40. The van der Waals surface area contributed by atoms with E-state index in [2.05, 4.69) is 22.3 Å². The molecule has 1 saturated heterocycles. The first-order valence-electron chi connectivity index (χ1n) is 10.6. The van der Waals surface area contributed by atoms with Crippen molar-refractivity contribution >= 4 is 5.91 Å². The van der Waals surface area contributed by atoms with Crippen LogP contribution in [0.25, 0.3) is 5.82 Å². The summed E-state index contributed by atoms with van der Waals surface area (Å²) in [7, 11) is 0. The highest BCUT2D eigenvalue weighted by atomic mass is 16.2. The topological polar surface area (TPSA) is 73.0 Å². The second kappa shape index (κ2) is 7.55. The fraction of sp³-hybridized carbons (Fsp3) is 0.391. The van der Waals surface area contributed by atoms with Crippen molar-refractivity contribution in [1.29, 1.82) is 0 Å². The second-order valence-electron chi connectivity index (χ2n) is 8.35. The molecule has 0 bridgehead atoms. The van der Waals surface area contributed by atoms with Crippen LogP contribution < -0.4 is 5.56 Å². The van der Waals surface area contributed by atoms with Crippen molar-refractivity contribution in [3.8, 4) is 5.82 Å². The van der Waals surface area contributed by atoms with E-state index in [1.807, 2.05) is 35.4 Å². The van der Waals surface area contributed by atoms with Crippen LogP contribution in [-0.2, 0) is 16.8 Å². The predicted molar refractivity (Wildman–Crippen MR) is 112 cm³/mol. The van der Waals surface area contributed by atoms with Gasteiger partial charge in [0, 0.05) is 38.1 Å². The third-order valence-electron chi connectivity index (χ3n) is 6.41. The molecular weight excluding hydrogens is 378 g/mol. The van der Waals surface area contributed by atoms with E-state index in [0.717, 1.165) is 44.3 Å². The molecule has 2 fully saturated rings. The number of amides is 1. The number of hydrogen-bond acceptors (Lipinski definition) is 4. The lowest BCUT2D eigenvalue weighted by molar-refractivity contribution is -0.135. The third-order valence-corrected chi connectivity index (χ3v) is 6.41. The van der Waals surface area contributed by atoms with Gasteiger partial charge in [0.2, 0.25) is 5.91 Å². The van der Waals surface area contributed by atoms with Gasteiger partial charge in [-0.05, 0) is 49.3 Å².